The molecular formula is C16H22BrNO3. The van der Waals surface area contributed by atoms with Gasteiger partial charge in [-0.25, -0.2) is 0 Å². The largest absolute Gasteiger partial charge is 0.489 e. The SMILES string of the molecule is CNCc1ccc(OC2CCOC3(CCOC3)C2)c(Br)c1. The topological polar surface area (TPSA) is 39.7 Å². The van der Waals surface area contributed by atoms with E-state index in [0.29, 0.717) is 6.61 Å². The van der Waals surface area contributed by atoms with Crippen LogP contribution in [0, 0.1) is 0 Å². The van der Waals surface area contributed by atoms with Crippen molar-refractivity contribution in [2.75, 3.05) is 26.9 Å². The third-order valence-corrected chi connectivity index (χ3v) is 4.81. The molecule has 2 saturated heterocycles. The molecule has 2 atom stereocenters. The predicted molar refractivity (Wildman–Crippen MR) is 84.7 cm³/mol. The lowest BCUT2D eigenvalue weighted by Gasteiger charge is -2.37. The summed E-state index contributed by atoms with van der Waals surface area (Å²) in [5.41, 5.74) is 1.13. The summed E-state index contributed by atoms with van der Waals surface area (Å²) < 4.78 is 18.7. The van der Waals surface area contributed by atoms with Crippen LogP contribution in [0.2, 0.25) is 0 Å². The standard InChI is InChI=1S/C16H22BrNO3/c1-18-10-12-2-3-15(14(17)8-12)21-13-4-6-20-16(9-13)5-7-19-11-16/h2-3,8,13,18H,4-7,9-11H2,1H3. The van der Waals surface area contributed by atoms with E-state index in [9.17, 15) is 0 Å². The molecule has 0 aliphatic carbocycles. The van der Waals surface area contributed by atoms with Gasteiger partial charge in [0.05, 0.1) is 23.3 Å². The van der Waals surface area contributed by atoms with Crippen LogP contribution in [0.5, 0.6) is 5.75 Å². The number of hydrogen-bond donors (Lipinski definition) is 1. The van der Waals surface area contributed by atoms with Gasteiger partial charge in [0.1, 0.15) is 11.9 Å². The Morgan fingerprint density at radius 2 is 2.33 bits per heavy atom. The maximum atomic E-state index is 6.20. The molecule has 2 heterocycles. The minimum atomic E-state index is -0.110. The molecule has 0 bridgehead atoms. The fourth-order valence-corrected chi connectivity index (χ4v) is 3.60. The number of hydrogen-bond acceptors (Lipinski definition) is 4. The number of halogens is 1. The molecule has 2 fully saturated rings. The first-order valence-electron chi connectivity index (χ1n) is 7.52. The third-order valence-electron chi connectivity index (χ3n) is 4.19. The molecule has 2 aliphatic rings. The zero-order valence-electron chi connectivity index (χ0n) is 12.4. The van der Waals surface area contributed by atoms with Gasteiger partial charge in [-0.15, -0.1) is 0 Å². The lowest BCUT2D eigenvalue weighted by atomic mass is 9.91. The Labute approximate surface area is 134 Å². The Bertz CT molecular complexity index is 488. The molecule has 1 N–H and O–H groups in total. The van der Waals surface area contributed by atoms with Gasteiger partial charge in [-0.05, 0) is 40.7 Å². The summed E-state index contributed by atoms with van der Waals surface area (Å²) >= 11 is 3.61. The van der Waals surface area contributed by atoms with E-state index < -0.39 is 0 Å². The number of nitrogens with one attached hydrogen (secondary N) is 1. The van der Waals surface area contributed by atoms with Gasteiger partial charge in [0, 0.05) is 32.4 Å². The normalized spacial score (nSPS) is 29.0. The van der Waals surface area contributed by atoms with Crippen molar-refractivity contribution in [3.05, 3.63) is 28.2 Å². The molecule has 3 rings (SSSR count). The van der Waals surface area contributed by atoms with Crippen LogP contribution >= 0.6 is 15.9 Å². The van der Waals surface area contributed by atoms with Crippen LogP contribution in [-0.2, 0) is 16.0 Å². The third kappa shape index (κ3) is 3.59. The molecule has 21 heavy (non-hydrogen) atoms. The average molecular weight is 356 g/mol. The molecule has 5 heteroatoms. The van der Waals surface area contributed by atoms with Gasteiger partial charge in [-0.2, -0.15) is 0 Å². The van der Waals surface area contributed by atoms with E-state index >= 15 is 0 Å². The highest BCUT2D eigenvalue weighted by molar-refractivity contribution is 9.10. The Morgan fingerprint density at radius 3 is 3.05 bits per heavy atom. The lowest BCUT2D eigenvalue weighted by Crippen LogP contribution is -2.44. The zero-order valence-corrected chi connectivity index (χ0v) is 13.9. The molecule has 0 amide bonds. The first-order chi connectivity index (χ1) is 10.2. The van der Waals surface area contributed by atoms with Crippen molar-refractivity contribution in [1.82, 2.24) is 5.32 Å². The summed E-state index contributed by atoms with van der Waals surface area (Å²) in [6.45, 7) is 3.12. The van der Waals surface area contributed by atoms with Crippen molar-refractivity contribution in [3.63, 3.8) is 0 Å². The highest BCUT2D eigenvalue weighted by Crippen LogP contribution is 2.36. The summed E-state index contributed by atoms with van der Waals surface area (Å²) in [7, 11) is 1.95. The van der Waals surface area contributed by atoms with Crippen LogP contribution in [0.1, 0.15) is 24.8 Å². The maximum Gasteiger partial charge on any atom is 0.133 e. The van der Waals surface area contributed by atoms with Crippen LogP contribution in [0.4, 0.5) is 0 Å². The number of ether oxygens (including phenoxy) is 3. The highest BCUT2D eigenvalue weighted by Gasteiger charge is 2.41. The van der Waals surface area contributed by atoms with Gasteiger partial charge in [0.2, 0.25) is 0 Å². The van der Waals surface area contributed by atoms with E-state index in [-0.39, 0.29) is 11.7 Å². The Morgan fingerprint density at radius 1 is 1.43 bits per heavy atom. The second-order valence-corrected chi connectivity index (χ2v) is 6.72. The van der Waals surface area contributed by atoms with Crippen molar-refractivity contribution in [2.45, 2.75) is 37.5 Å². The quantitative estimate of drug-likeness (QED) is 0.901. The molecule has 4 nitrogen and oxygen atoms in total. The summed E-state index contributed by atoms with van der Waals surface area (Å²) in [5, 5.41) is 3.15. The highest BCUT2D eigenvalue weighted by atomic mass is 79.9. The summed E-state index contributed by atoms with van der Waals surface area (Å²) in [5.74, 6) is 0.913. The van der Waals surface area contributed by atoms with Gasteiger partial charge in [0.25, 0.3) is 0 Å². The Kier molecular flexibility index (Phi) is 4.84. The van der Waals surface area contributed by atoms with Crippen LogP contribution in [-0.4, -0.2) is 38.6 Å². The van der Waals surface area contributed by atoms with Crippen molar-refractivity contribution in [1.29, 1.82) is 0 Å². The minimum Gasteiger partial charge on any atom is -0.489 e. The molecule has 1 spiro atoms. The molecule has 0 saturated carbocycles. The van der Waals surface area contributed by atoms with Crippen LogP contribution < -0.4 is 10.1 Å². The zero-order chi connectivity index (χ0) is 14.7. The second kappa shape index (κ2) is 6.65. The molecule has 2 aliphatic heterocycles. The molecule has 116 valence electrons. The Hall–Kier alpha value is -0.620. The fourth-order valence-electron chi connectivity index (χ4n) is 3.08. The van der Waals surface area contributed by atoms with Crippen molar-refractivity contribution < 1.29 is 14.2 Å². The van der Waals surface area contributed by atoms with Crippen molar-refractivity contribution in [2.24, 2.45) is 0 Å². The molecule has 1 aromatic carbocycles. The smallest absolute Gasteiger partial charge is 0.133 e. The van der Waals surface area contributed by atoms with Gasteiger partial charge in [0.15, 0.2) is 0 Å². The summed E-state index contributed by atoms with van der Waals surface area (Å²) in [6.07, 6.45) is 3.03. The molecular weight excluding hydrogens is 334 g/mol. The minimum absolute atomic E-state index is 0.110. The summed E-state index contributed by atoms with van der Waals surface area (Å²) in [4.78, 5) is 0. The van der Waals surface area contributed by atoms with Crippen molar-refractivity contribution >= 4 is 15.9 Å². The average Bonchev–Trinajstić information content (AvgIpc) is 2.90. The first-order valence-corrected chi connectivity index (χ1v) is 8.31. The van der Waals surface area contributed by atoms with Gasteiger partial charge >= 0.3 is 0 Å². The molecule has 2 unspecified atom stereocenters. The van der Waals surface area contributed by atoms with Crippen LogP contribution in [0.25, 0.3) is 0 Å². The van der Waals surface area contributed by atoms with E-state index in [2.05, 4.69) is 33.4 Å². The van der Waals surface area contributed by atoms with Gasteiger partial charge in [-0.3, -0.25) is 0 Å². The number of benzene rings is 1. The summed E-state index contributed by atoms with van der Waals surface area (Å²) in [6, 6.07) is 6.26. The van der Waals surface area contributed by atoms with E-state index in [1.165, 1.54) is 5.56 Å². The molecule has 0 radical (unpaired) electrons. The lowest BCUT2D eigenvalue weighted by molar-refractivity contribution is -0.112. The van der Waals surface area contributed by atoms with Crippen LogP contribution in [0.3, 0.4) is 0 Å². The Balaban J connectivity index is 1.65. The monoisotopic (exact) mass is 355 g/mol. The fraction of sp³-hybridized carbons (Fsp3) is 0.625. The van der Waals surface area contributed by atoms with E-state index in [4.69, 9.17) is 14.2 Å². The first kappa shape index (κ1) is 15.3. The second-order valence-electron chi connectivity index (χ2n) is 5.86. The maximum absolute atomic E-state index is 6.20. The van der Waals surface area contributed by atoms with E-state index in [1.54, 1.807) is 0 Å². The van der Waals surface area contributed by atoms with Crippen LogP contribution in [0.15, 0.2) is 22.7 Å². The van der Waals surface area contributed by atoms with E-state index in [0.717, 1.165) is 49.2 Å². The van der Waals surface area contributed by atoms with Crippen molar-refractivity contribution in [3.8, 4) is 5.75 Å². The molecule has 0 aromatic heterocycles. The van der Waals surface area contributed by atoms with E-state index in [1.807, 2.05) is 13.1 Å². The predicted octanol–water partition coefficient (Wildman–Crippen LogP) is 2.89. The van der Waals surface area contributed by atoms with Gasteiger partial charge < -0.3 is 19.5 Å². The number of rotatable bonds is 4. The van der Waals surface area contributed by atoms with Gasteiger partial charge in [-0.1, -0.05) is 6.07 Å². The molecule has 1 aromatic rings.